The van der Waals surface area contributed by atoms with Gasteiger partial charge in [-0.1, -0.05) is 13.8 Å². The number of amides is 1. The molecule has 7 nitrogen and oxygen atoms in total. The highest BCUT2D eigenvalue weighted by atomic mass is 19.1. The number of hydrogen-bond donors (Lipinski definition) is 4. The number of nitrogen functional groups attached to an aromatic ring is 1. The number of hydrazine groups is 1. The van der Waals surface area contributed by atoms with E-state index in [1.807, 2.05) is 0 Å². The molecule has 0 fully saturated rings. The van der Waals surface area contributed by atoms with Gasteiger partial charge in [-0.25, -0.2) is 14.4 Å². The lowest BCUT2D eigenvalue weighted by Crippen LogP contribution is -2.30. The van der Waals surface area contributed by atoms with Crippen molar-refractivity contribution in [3.63, 3.8) is 0 Å². The smallest absolute Gasteiger partial charge is 0.269 e. The maximum Gasteiger partial charge on any atom is 0.269 e. The van der Waals surface area contributed by atoms with Gasteiger partial charge in [-0.2, -0.15) is 0 Å². The third-order valence-corrected chi connectivity index (χ3v) is 3.30. The lowest BCUT2D eigenvalue weighted by molar-refractivity contribution is 0.0962. The molecule has 0 aliphatic heterocycles. The van der Waals surface area contributed by atoms with Crippen LogP contribution in [-0.2, 0) is 0 Å². The molecule has 0 aliphatic rings. The van der Waals surface area contributed by atoms with Crippen LogP contribution in [0.2, 0.25) is 0 Å². The number of carbonyl (C=O) groups is 1. The lowest BCUT2D eigenvalue weighted by atomic mass is 10.1. The highest BCUT2D eigenvalue weighted by Gasteiger charge is 2.10. The normalized spacial score (nSPS) is 10.5. The number of nitrogens with one attached hydrogen (secondary N) is 3. The molecule has 0 saturated carbocycles. The van der Waals surface area contributed by atoms with E-state index in [9.17, 15) is 9.18 Å². The van der Waals surface area contributed by atoms with Crippen molar-refractivity contribution in [1.29, 1.82) is 0 Å². The Morgan fingerprint density at radius 3 is 2.54 bits per heavy atom. The topological polar surface area (TPSA) is 105 Å². The number of anilines is 3. The molecule has 2 aromatic rings. The summed E-state index contributed by atoms with van der Waals surface area (Å²) in [7, 11) is 0. The fourth-order valence-electron chi connectivity index (χ4n) is 1.90. The van der Waals surface area contributed by atoms with Crippen LogP contribution in [0.3, 0.4) is 0 Å². The highest BCUT2D eigenvalue weighted by Crippen LogP contribution is 2.21. The first kappa shape index (κ1) is 17.5. The molecule has 0 unspecified atom stereocenters. The number of halogens is 1. The van der Waals surface area contributed by atoms with E-state index >= 15 is 0 Å². The quantitative estimate of drug-likeness (QED) is 0.580. The number of aromatic nitrogens is 2. The van der Waals surface area contributed by atoms with Crippen molar-refractivity contribution in [2.24, 2.45) is 5.92 Å². The Bertz CT molecular complexity index is 689. The number of nitrogens with zero attached hydrogens (tertiary/aromatic N) is 2. The summed E-state index contributed by atoms with van der Waals surface area (Å²) in [4.78, 5) is 20.1. The van der Waals surface area contributed by atoms with E-state index in [1.54, 1.807) is 0 Å². The first-order valence-corrected chi connectivity index (χ1v) is 7.63. The van der Waals surface area contributed by atoms with Crippen LogP contribution in [0.5, 0.6) is 0 Å². The van der Waals surface area contributed by atoms with E-state index in [4.69, 9.17) is 5.73 Å². The molecule has 1 aromatic heterocycles. The summed E-state index contributed by atoms with van der Waals surface area (Å²) >= 11 is 0. The average Bonchev–Trinajstić information content (AvgIpc) is 2.55. The standard InChI is InChI=1S/C16H21FN6O/c1-10(2)7-8-19-14-13(18)15(21-9-20-14)22-23-16(24)11-3-5-12(17)6-4-11/h3-6,9-10H,7-8,18H2,1-2H3,(H,23,24)(H2,19,20,21,22). The third-order valence-electron chi connectivity index (χ3n) is 3.30. The summed E-state index contributed by atoms with van der Waals surface area (Å²) in [6.45, 7) is 4.99. The summed E-state index contributed by atoms with van der Waals surface area (Å²) in [5.74, 6) is 0.517. The summed E-state index contributed by atoms with van der Waals surface area (Å²) in [6, 6.07) is 5.19. The predicted molar refractivity (Wildman–Crippen MR) is 91.9 cm³/mol. The van der Waals surface area contributed by atoms with Crippen LogP contribution < -0.4 is 21.9 Å². The predicted octanol–water partition coefficient (Wildman–Crippen LogP) is 2.41. The zero-order valence-electron chi connectivity index (χ0n) is 13.6. The van der Waals surface area contributed by atoms with Crippen molar-refractivity contribution in [3.8, 4) is 0 Å². The molecule has 0 bridgehead atoms. The largest absolute Gasteiger partial charge is 0.393 e. The summed E-state index contributed by atoms with van der Waals surface area (Å²) < 4.78 is 12.9. The molecule has 8 heteroatoms. The molecule has 0 saturated heterocycles. The van der Waals surface area contributed by atoms with Gasteiger partial charge in [0, 0.05) is 12.1 Å². The van der Waals surface area contributed by atoms with Crippen molar-refractivity contribution in [3.05, 3.63) is 42.0 Å². The summed E-state index contributed by atoms with van der Waals surface area (Å²) in [5, 5.41) is 3.14. The van der Waals surface area contributed by atoms with Gasteiger partial charge in [0.25, 0.3) is 5.91 Å². The molecule has 2 rings (SSSR count). The van der Waals surface area contributed by atoms with Crippen LogP contribution in [-0.4, -0.2) is 22.4 Å². The Labute approximate surface area is 139 Å². The Hall–Kier alpha value is -2.90. The molecule has 0 radical (unpaired) electrons. The zero-order chi connectivity index (χ0) is 17.5. The second-order valence-corrected chi connectivity index (χ2v) is 5.68. The minimum Gasteiger partial charge on any atom is -0.393 e. The molecule has 24 heavy (non-hydrogen) atoms. The van der Waals surface area contributed by atoms with Crippen LogP contribution in [0.4, 0.5) is 21.7 Å². The number of hydrogen-bond acceptors (Lipinski definition) is 6. The number of benzene rings is 1. The minimum absolute atomic E-state index is 0.285. The number of nitrogens with two attached hydrogens (primary N) is 1. The second-order valence-electron chi connectivity index (χ2n) is 5.68. The Morgan fingerprint density at radius 2 is 1.88 bits per heavy atom. The monoisotopic (exact) mass is 332 g/mol. The van der Waals surface area contributed by atoms with Gasteiger partial charge in [0.2, 0.25) is 0 Å². The summed E-state index contributed by atoms with van der Waals surface area (Å²) in [6.07, 6.45) is 2.33. The first-order chi connectivity index (χ1) is 11.5. The van der Waals surface area contributed by atoms with E-state index in [2.05, 4.69) is 40.0 Å². The fourth-order valence-corrected chi connectivity index (χ4v) is 1.90. The summed E-state index contributed by atoms with van der Waals surface area (Å²) in [5.41, 5.74) is 11.7. The van der Waals surface area contributed by atoms with Gasteiger partial charge in [0.15, 0.2) is 11.6 Å². The van der Waals surface area contributed by atoms with Crippen LogP contribution in [0.1, 0.15) is 30.6 Å². The van der Waals surface area contributed by atoms with Crippen LogP contribution in [0, 0.1) is 11.7 Å². The maximum absolute atomic E-state index is 12.9. The Morgan fingerprint density at radius 1 is 1.21 bits per heavy atom. The third kappa shape index (κ3) is 4.80. The molecule has 128 valence electrons. The SMILES string of the molecule is CC(C)CCNc1ncnc(NNC(=O)c2ccc(F)cc2)c1N. The van der Waals surface area contributed by atoms with Crippen LogP contribution in [0.15, 0.2) is 30.6 Å². The van der Waals surface area contributed by atoms with Crippen LogP contribution in [0.25, 0.3) is 0 Å². The van der Waals surface area contributed by atoms with Gasteiger partial charge in [0.1, 0.15) is 17.8 Å². The van der Waals surface area contributed by atoms with E-state index < -0.39 is 11.7 Å². The maximum atomic E-state index is 12.9. The van der Waals surface area contributed by atoms with Gasteiger partial charge >= 0.3 is 0 Å². The molecule has 0 atom stereocenters. The number of rotatable bonds is 7. The van der Waals surface area contributed by atoms with Crippen molar-refractivity contribution in [1.82, 2.24) is 15.4 Å². The van der Waals surface area contributed by atoms with Gasteiger partial charge in [-0.3, -0.25) is 15.6 Å². The van der Waals surface area contributed by atoms with Crippen molar-refractivity contribution in [2.75, 3.05) is 23.0 Å². The first-order valence-electron chi connectivity index (χ1n) is 7.63. The fraction of sp³-hybridized carbons (Fsp3) is 0.312. The lowest BCUT2D eigenvalue weighted by Gasteiger charge is -2.13. The highest BCUT2D eigenvalue weighted by molar-refractivity contribution is 5.95. The van der Waals surface area contributed by atoms with Crippen molar-refractivity contribution in [2.45, 2.75) is 20.3 Å². The molecule has 5 N–H and O–H groups in total. The molecule has 1 aromatic carbocycles. The minimum atomic E-state index is -0.428. The van der Waals surface area contributed by atoms with Crippen molar-refractivity contribution >= 4 is 23.2 Å². The molecule has 0 aliphatic carbocycles. The average molecular weight is 332 g/mol. The zero-order valence-corrected chi connectivity index (χ0v) is 13.6. The van der Waals surface area contributed by atoms with Crippen LogP contribution >= 0.6 is 0 Å². The molecule has 1 amide bonds. The molecular weight excluding hydrogens is 311 g/mol. The van der Waals surface area contributed by atoms with Gasteiger partial charge in [-0.15, -0.1) is 0 Å². The van der Waals surface area contributed by atoms with Gasteiger partial charge < -0.3 is 11.1 Å². The van der Waals surface area contributed by atoms with E-state index in [0.717, 1.165) is 13.0 Å². The van der Waals surface area contributed by atoms with Crippen molar-refractivity contribution < 1.29 is 9.18 Å². The number of carbonyl (C=O) groups excluding carboxylic acids is 1. The van der Waals surface area contributed by atoms with E-state index in [-0.39, 0.29) is 5.82 Å². The van der Waals surface area contributed by atoms with E-state index in [0.29, 0.717) is 23.0 Å². The van der Waals surface area contributed by atoms with Gasteiger partial charge in [-0.05, 0) is 36.6 Å². The van der Waals surface area contributed by atoms with Gasteiger partial charge in [0.05, 0.1) is 0 Å². The molecular formula is C16H21FN6O. The Balaban J connectivity index is 1.97. The second kappa shape index (κ2) is 8.09. The molecule has 0 spiro atoms. The Kier molecular flexibility index (Phi) is 5.89. The van der Waals surface area contributed by atoms with E-state index in [1.165, 1.54) is 30.6 Å². The molecule has 1 heterocycles.